The van der Waals surface area contributed by atoms with Crippen molar-refractivity contribution < 1.29 is 19.1 Å². The smallest absolute Gasteiger partial charge is 0.419 e. The molecule has 0 aliphatic rings. The fourth-order valence-corrected chi connectivity index (χ4v) is 2.87. The molecule has 0 spiro atoms. The van der Waals surface area contributed by atoms with E-state index in [0.29, 0.717) is 22.3 Å². The lowest BCUT2D eigenvalue weighted by molar-refractivity contribution is 0.00697. The Balaban J connectivity index is 2.20. The third-order valence-electron chi connectivity index (χ3n) is 3.89. The van der Waals surface area contributed by atoms with Crippen LogP contribution < -0.4 is 0 Å². The average Bonchev–Trinajstić information content (AvgIpc) is 2.98. The Morgan fingerprint density at radius 3 is 2.17 bits per heavy atom. The Morgan fingerprint density at radius 2 is 1.52 bits per heavy atom. The second kappa shape index (κ2) is 7.31. The van der Waals surface area contributed by atoms with Crippen molar-refractivity contribution >= 4 is 23.0 Å². The predicted octanol–water partition coefficient (Wildman–Crippen LogP) is 4.84. The van der Waals surface area contributed by atoms with Gasteiger partial charge in [-0.15, -0.1) is 0 Å². The van der Waals surface area contributed by atoms with E-state index in [2.05, 4.69) is 9.97 Å². The zero-order valence-corrected chi connectivity index (χ0v) is 17.5. The first-order valence-corrected chi connectivity index (χ1v) is 9.33. The Bertz CT molecular complexity index is 1070. The Hall–Kier alpha value is -3.22. The van der Waals surface area contributed by atoms with E-state index >= 15 is 0 Å². The van der Waals surface area contributed by atoms with E-state index < -0.39 is 23.3 Å². The Labute approximate surface area is 169 Å². The molecule has 29 heavy (non-hydrogen) atoms. The van der Waals surface area contributed by atoms with Crippen LogP contribution in [-0.4, -0.2) is 37.8 Å². The summed E-state index contributed by atoms with van der Waals surface area (Å²) in [5, 5.41) is 0.743. The summed E-state index contributed by atoms with van der Waals surface area (Å²) in [6.07, 6.45) is 5.77. The summed E-state index contributed by atoms with van der Waals surface area (Å²) in [5.41, 5.74) is 0.569. The van der Waals surface area contributed by atoms with Crippen molar-refractivity contribution in [1.29, 1.82) is 0 Å². The maximum atomic E-state index is 13.0. The van der Waals surface area contributed by atoms with E-state index in [1.54, 1.807) is 78.3 Å². The summed E-state index contributed by atoms with van der Waals surface area (Å²) in [6.45, 7) is 10.8. The molecule has 0 aromatic carbocycles. The quantitative estimate of drug-likeness (QED) is 0.578. The van der Waals surface area contributed by atoms with E-state index in [1.165, 1.54) is 10.8 Å². The topological polar surface area (TPSA) is 83.3 Å². The molecule has 3 rings (SSSR count). The van der Waals surface area contributed by atoms with Crippen LogP contribution in [0.2, 0.25) is 0 Å². The second-order valence-corrected chi connectivity index (χ2v) is 8.70. The first kappa shape index (κ1) is 20.5. The van der Waals surface area contributed by atoms with Gasteiger partial charge < -0.3 is 9.47 Å². The lowest BCUT2D eigenvalue weighted by Gasteiger charge is -2.22. The molecular weight excluding hydrogens is 370 g/mol. The molecule has 0 fully saturated rings. The van der Waals surface area contributed by atoms with Gasteiger partial charge >= 0.3 is 12.1 Å². The predicted molar refractivity (Wildman–Crippen MR) is 110 cm³/mol. The van der Waals surface area contributed by atoms with Crippen molar-refractivity contribution in [3.8, 4) is 11.3 Å². The maximum Gasteiger partial charge on any atom is 0.419 e. The molecule has 7 nitrogen and oxygen atoms in total. The van der Waals surface area contributed by atoms with Crippen LogP contribution in [0.4, 0.5) is 4.79 Å². The van der Waals surface area contributed by atoms with Crippen LogP contribution in [0.3, 0.4) is 0 Å². The third kappa shape index (κ3) is 4.62. The van der Waals surface area contributed by atoms with E-state index in [4.69, 9.17) is 9.47 Å². The number of carbonyl (C=O) groups is 2. The van der Waals surface area contributed by atoms with Gasteiger partial charge in [0.05, 0.1) is 16.8 Å². The minimum Gasteiger partial charge on any atom is -0.456 e. The van der Waals surface area contributed by atoms with E-state index in [-0.39, 0.29) is 0 Å². The monoisotopic (exact) mass is 395 g/mol. The molecule has 0 radical (unpaired) electrons. The number of esters is 1. The summed E-state index contributed by atoms with van der Waals surface area (Å²) in [7, 11) is 0. The minimum absolute atomic E-state index is 0.315. The summed E-state index contributed by atoms with van der Waals surface area (Å²) in [6, 6.07) is 5.10. The van der Waals surface area contributed by atoms with E-state index in [9.17, 15) is 9.59 Å². The van der Waals surface area contributed by atoms with Gasteiger partial charge in [0.1, 0.15) is 11.2 Å². The van der Waals surface area contributed by atoms with Gasteiger partial charge in [0, 0.05) is 35.7 Å². The van der Waals surface area contributed by atoms with Gasteiger partial charge in [-0.3, -0.25) is 9.97 Å². The molecule has 0 bridgehead atoms. The maximum absolute atomic E-state index is 13.0. The van der Waals surface area contributed by atoms with Crippen LogP contribution in [-0.2, 0) is 9.47 Å². The molecule has 0 unspecified atom stereocenters. The molecule has 3 heterocycles. The van der Waals surface area contributed by atoms with Gasteiger partial charge in [0.15, 0.2) is 0 Å². The number of aromatic nitrogens is 3. The number of pyridine rings is 2. The summed E-state index contributed by atoms with van der Waals surface area (Å²) < 4.78 is 12.6. The molecule has 7 heteroatoms. The van der Waals surface area contributed by atoms with Crippen molar-refractivity contribution in [3.05, 3.63) is 48.5 Å². The zero-order valence-electron chi connectivity index (χ0n) is 17.5. The largest absolute Gasteiger partial charge is 0.456 e. The van der Waals surface area contributed by atoms with Crippen molar-refractivity contribution in [1.82, 2.24) is 14.5 Å². The van der Waals surface area contributed by atoms with Crippen molar-refractivity contribution in [3.63, 3.8) is 0 Å². The fraction of sp³-hybridized carbons (Fsp3) is 0.364. The molecule has 0 N–H and O–H groups in total. The molecule has 0 aliphatic carbocycles. The van der Waals surface area contributed by atoms with Crippen molar-refractivity contribution in [2.45, 2.75) is 52.7 Å². The molecule has 0 saturated carbocycles. The van der Waals surface area contributed by atoms with Crippen molar-refractivity contribution in [2.24, 2.45) is 0 Å². The second-order valence-electron chi connectivity index (χ2n) is 8.70. The number of nitrogens with zero attached hydrogens (tertiary/aromatic N) is 3. The third-order valence-corrected chi connectivity index (χ3v) is 3.89. The number of carbonyl (C=O) groups excluding carboxylic acids is 2. The summed E-state index contributed by atoms with van der Waals surface area (Å²) in [4.78, 5) is 34.1. The lowest BCUT2D eigenvalue weighted by atomic mass is 10.1. The van der Waals surface area contributed by atoms with Gasteiger partial charge in [0.2, 0.25) is 0 Å². The van der Waals surface area contributed by atoms with Gasteiger partial charge in [-0.25, -0.2) is 14.2 Å². The van der Waals surface area contributed by atoms with Crippen LogP contribution in [0.15, 0.2) is 43.0 Å². The Morgan fingerprint density at radius 1 is 0.897 bits per heavy atom. The van der Waals surface area contributed by atoms with Crippen LogP contribution in [0.25, 0.3) is 22.2 Å². The van der Waals surface area contributed by atoms with Gasteiger partial charge in [0.25, 0.3) is 0 Å². The molecule has 3 aromatic rings. The molecule has 3 aromatic heterocycles. The normalized spacial score (nSPS) is 12.1. The van der Waals surface area contributed by atoms with E-state index in [1.807, 2.05) is 0 Å². The number of rotatable bonds is 2. The zero-order chi connectivity index (χ0) is 21.4. The van der Waals surface area contributed by atoms with Crippen LogP contribution in [0, 0.1) is 0 Å². The van der Waals surface area contributed by atoms with Gasteiger partial charge in [-0.05, 0) is 59.7 Å². The molecule has 152 valence electrons. The summed E-state index contributed by atoms with van der Waals surface area (Å²) >= 11 is 0. The first-order chi connectivity index (χ1) is 13.5. The fourth-order valence-electron chi connectivity index (χ4n) is 2.87. The Kier molecular flexibility index (Phi) is 5.17. The highest BCUT2D eigenvalue weighted by molar-refractivity contribution is 6.01. The standard InChI is InChI=1S/C22H25N3O4/c1-21(2,3)28-19(26)15-7-9-24-13-16(15)18-11-14-12-23-10-8-17(14)25(18)20(27)29-22(4,5)6/h7-13H,1-6H3. The SMILES string of the molecule is CC(C)(C)OC(=O)c1ccncc1-c1cc2cnccc2n1C(=O)OC(C)(C)C. The van der Waals surface area contributed by atoms with Crippen molar-refractivity contribution in [2.75, 3.05) is 0 Å². The molecule has 0 aliphatic heterocycles. The van der Waals surface area contributed by atoms with Crippen LogP contribution in [0.5, 0.6) is 0 Å². The van der Waals surface area contributed by atoms with Gasteiger partial charge in [-0.2, -0.15) is 0 Å². The number of hydrogen-bond donors (Lipinski definition) is 0. The van der Waals surface area contributed by atoms with E-state index in [0.717, 1.165) is 5.39 Å². The molecule has 0 amide bonds. The van der Waals surface area contributed by atoms with Gasteiger partial charge in [-0.1, -0.05) is 0 Å². The first-order valence-electron chi connectivity index (χ1n) is 9.33. The number of hydrogen-bond acceptors (Lipinski definition) is 6. The number of ether oxygens (including phenoxy) is 2. The van der Waals surface area contributed by atoms with Crippen LogP contribution in [0.1, 0.15) is 51.9 Å². The number of fused-ring (bicyclic) bond motifs is 1. The minimum atomic E-state index is -0.680. The lowest BCUT2D eigenvalue weighted by Crippen LogP contribution is -2.28. The highest BCUT2D eigenvalue weighted by Gasteiger charge is 2.27. The average molecular weight is 395 g/mol. The highest BCUT2D eigenvalue weighted by atomic mass is 16.6. The highest BCUT2D eigenvalue weighted by Crippen LogP contribution is 2.31. The summed E-state index contributed by atoms with van der Waals surface area (Å²) in [5.74, 6) is -0.492. The molecule has 0 atom stereocenters. The van der Waals surface area contributed by atoms with Crippen LogP contribution >= 0.6 is 0 Å². The molecule has 0 saturated heterocycles. The molecular formula is C22H25N3O4.